The Labute approximate surface area is 77.8 Å². The van der Waals surface area contributed by atoms with Gasteiger partial charge in [-0.25, -0.2) is 0 Å². The zero-order valence-corrected chi connectivity index (χ0v) is 9.50. The molecule has 0 amide bonds. The van der Waals surface area contributed by atoms with Crippen LogP contribution in [0.5, 0.6) is 0 Å². The molecule has 12 heavy (non-hydrogen) atoms. The van der Waals surface area contributed by atoms with Crippen molar-refractivity contribution in [2.45, 2.75) is 13.3 Å². The van der Waals surface area contributed by atoms with Gasteiger partial charge in [-0.1, -0.05) is 16.3 Å². The molecule has 4 atom stereocenters. The number of carbonyl (C=O) groups excluding carboxylic acids is 1. The molecule has 0 saturated carbocycles. The lowest BCUT2D eigenvalue weighted by Crippen LogP contribution is -2.14. The topological polar surface area (TPSA) is 29.5 Å². The Morgan fingerprint density at radius 2 is 2.33 bits per heavy atom. The molecule has 4 unspecified atom stereocenters. The standard InChI is InChI=1S/C7H15NO2P2/c1-5-3-8(11)4-6(5)2-7(9)10-12/h5-6H,2-4,11-12H2,1H3. The zero-order valence-electron chi connectivity index (χ0n) is 7.19. The average Bonchev–Trinajstić information content (AvgIpc) is 2.30. The number of nitrogens with zero attached hydrogens (tertiary/aromatic N) is 1. The number of hydrogen-bond donors (Lipinski definition) is 0. The van der Waals surface area contributed by atoms with Crippen molar-refractivity contribution < 1.29 is 9.32 Å². The van der Waals surface area contributed by atoms with E-state index in [1.807, 2.05) is 9.47 Å². The van der Waals surface area contributed by atoms with E-state index < -0.39 is 0 Å². The summed E-state index contributed by atoms with van der Waals surface area (Å²) in [5.41, 5.74) is 0. The van der Waals surface area contributed by atoms with Crippen LogP contribution in [0.3, 0.4) is 0 Å². The van der Waals surface area contributed by atoms with Gasteiger partial charge in [-0.3, -0.25) is 9.46 Å². The lowest BCUT2D eigenvalue weighted by molar-refractivity contribution is -0.134. The van der Waals surface area contributed by atoms with Crippen LogP contribution < -0.4 is 0 Å². The van der Waals surface area contributed by atoms with E-state index in [-0.39, 0.29) is 5.97 Å². The maximum Gasteiger partial charge on any atom is 0.308 e. The molecular formula is C7H15NO2P2. The van der Waals surface area contributed by atoms with Gasteiger partial charge in [0, 0.05) is 13.1 Å². The van der Waals surface area contributed by atoms with Crippen LogP contribution in [0.2, 0.25) is 0 Å². The van der Waals surface area contributed by atoms with Gasteiger partial charge in [0.05, 0.1) is 15.9 Å². The van der Waals surface area contributed by atoms with Gasteiger partial charge in [0.1, 0.15) is 0 Å². The Kier molecular flexibility index (Phi) is 3.89. The first-order valence-electron chi connectivity index (χ1n) is 4.02. The van der Waals surface area contributed by atoms with Crippen molar-refractivity contribution in [3.63, 3.8) is 0 Å². The molecule has 5 heteroatoms. The molecule has 0 aliphatic carbocycles. The second kappa shape index (κ2) is 4.50. The minimum absolute atomic E-state index is 0.128. The van der Waals surface area contributed by atoms with Crippen LogP contribution in [0, 0.1) is 11.8 Å². The minimum Gasteiger partial charge on any atom is -0.451 e. The first kappa shape index (κ1) is 10.4. The maximum atomic E-state index is 11.0. The van der Waals surface area contributed by atoms with Crippen LogP contribution in [-0.4, -0.2) is 23.7 Å². The molecule has 0 aromatic heterocycles. The molecule has 1 heterocycles. The molecule has 0 radical (unpaired) electrons. The second-order valence-electron chi connectivity index (χ2n) is 3.39. The molecule has 1 aliphatic rings. The smallest absolute Gasteiger partial charge is 0.308 e. The number of rotatable bonds is 2. The summed E-state index contributed by atoms with van der Waals surface area (Å²) in [5.74, 6) is 0.916. The first-order chi connectivity index (χ1) is 5.63. The molecule has 3 nitrogen and oxygen atoms in total. The molecular weight excluding hydrogens is 192 g/mol. The summed E-state index contributed by atoms with van der Waals surface area (Å²) < 4.78 is 6.72. The summed E-state index contributed by atoms with van der Waals surface area (Å²) in [6, 6.07) is 0. The predicted molar refractivity (Wildman–Crippen MR) is 54.4 cm³/mol. The summed E-state index contributed by atoms with van der Waals surface area (Å²) in [6.07, 6.45) is 0.537. The maximum absolute atomic E-state index is 11.0. The monoisotopic (exact) mass is 207 g/mol. The van der Waals surface area contributed by atoms with Gasteiger partial charge in [-0.2, -0.15) is 0 Å². The lowest BCUT2D eigenvalue weighted by atomic mass is 9.95. The van der Waals surface area contributed by atoms with Gasteiger partial charge >= 0.3 is 5.97 Å². The van der Waals surface area contributed by atoms with Gasteiger partial charge in [0.15, 0.2) is 0 Å². The third-order valence-electron chi connectivity index (χ3n) is 2.36. The third kappa shape index (κ3) is 2.65. The van der Waals surface area contributed by atoms with E-state index in [4.69, 9.17) is 0 Å². The summed E-state index contributed by atoms with van der Waals surface area (Å²) in [5, 5.41) is 0. The number of carbonyl (C=O) groups is 1. The highest BCUT2D eigenvalue weighted by molar-refractivity contribution is 7.13. The molecule has 0 aromatic carbocycles. The van der Waals surface area contributed by atoms with Crippen molar-refractivity contribution in [3.8, 4) is 0 Å². The Hall–Kier alpha value is 0.290. The van der Waals surface area contributed by atoms with Crippen molar-refractivity contribution in [2.24, 2.45) is 11.8 Å². The van der Waals surface area contributed by atoms with E-state index in [0.717, 1.165) is 13.1 Å². The molecule has 0 spiro atoms. The first-order valence-corrected chi connectivity index (χ1v) is 5.01. The highest BCUT2D eigenvalue weighted by Crippen LogP contribution is 2.28. The Morgan fingerprint density at radius 1 is 1.67 bits per heavy atom. The van der Waals surface area contributed by atoms with Crippen molar-refractivity contribution in [1.29, 1.82) is 0 Å². The van der Waals surface area contributed by atoms with Gasteiger partial charge in [0.25, 0.3) is 0 Å². The largest absolute Gasteiger partial charge is 0.451 e. The summed E-state index contributed by atoms with van der Waals surface area (Å²) in [7, 11) is 4.67. The molecule has 0 bridgehead atoms. The van der Waals surface area contributed by atoms with E-state index in [1.165, 1.54) is 0 Å². The third-order valence-corrected chi connectivity index (χ3v) is 3.04. The molecule has 1 rings (SSSR count). The van der Waals surface area contributed by atoms with Crippen LogP contribution in [0.25, 0.3) is 0 Å². The fourth-order valence-electron chi connectivity index (χ4n) is 1.60. The lowest BCUT2D eigenvalue weighted by Gasteiger charge is -2.11. The zero-order chi connectivity index (χ0) is 9.14. The Bertz CT molecular complexity index is 177. The van der Waals surface area contributed by atoms with E-state index in [9.17, 15) is 4.79 Å². The predicted octanol–water partition coefficient (Wildman–Crippen LogP) is 1.07. The Morgan fingerprint density at radius 3 is 2.75 bits per heavy atom. The van der Waals surface area contributed by atoms with Crippen LogP contribution in [0.15, 0.2) is 0 Å². The summed E-state index contributed by atoms with van der Waals surface area (Å²) >= 11 is 0. The van der Waals surface area contributed by atoms with Crippen molar-refractivity contribution >= 4 is 24.8 Å². The quantitative estimate of drug-likeness (QED) is 0.634. The van der Waals surface area contributed by atoms with Gasteiger partial charge in [-0.15, -0.1) is 0 Å². The normalized spacial score (nSPS) is 30.6. The van der Waals surface area contributed by atoms with Gasteiger partial charge in [0.2, 0.25) is 0 Å². The van der Waals surface area contributed by atoms with E-state index in [1.54, 1.807) is 0 Å². The van der Waals surface area contributed by atoms with Crippen molar-refractivity contribution in [3.05, 3.63) is 0 Å². The fraction of sp³-hybridized carbons (Fsp3) is 0.857. The van der Waals surface area contributed by atoms with E-state index in [0.29, 0.717) is 18.3 Å². The molecule has 1 fully saturated rings. The summed E-state index contributed by atoms with van der Waals surface area (Å²) in [6.45, 7) is 4.20. The molecule has 70 valence electrons. The summed E-state index contributed by atoms with van der Waals surface area (Å²) in [4.78, 5) is 11.0. The van der Waals surface area contributed by atoms with Crippen molar-refractivity contribution in [2.75, 3.05) is 13.1 Å². The molecule has 0 aromatic rings. The molecule has 1 saturated heterocycles. The minimum atomic E-state index is -0.128. The van der Waals surface area contributed by atoms with Crippen LogP contribution in [-0.2, 0) is 9.32 Å². The highest BCUT2D eigenvalue weighted by Gasteiger charge is 2.29. The van der Waals surface area contributed by atoms with Gasteiger partial charge in [-0.05, 0) is 11.8 Å². The second-order valence-corrected chi connectivity index (χ2v) is 4.35. The molecule has 0 N–H and O–H groups in total. The SMILES string of the molecule is CC1CN(P)CC1CC(=O)OP. The van der Waals surface area contributed by atoms with E-state index >= 15 is 0 Å². The van der Waals surface area contributed by atoms with Crippen LogP contribution in [0.1, 0.15) is 13.3 Å². The van der Waals surface area contributed by atoms with Gasteiger partial charge < -0.3 is 4.52 Å². The highest BCUT2D eigenvalue weighted by atomic mass is 31.0. The van der Waals surface area contributed by atoms with Crippen LogP contribution in [0.4, 0.5) is 0 Å². The van der Waals surface area contributed by atoms with E-state index in [2.05, 4.69) is 25.5 Å². The van der Waals surface area contributed by atoms with Crippen LogP contribution >= 0.6 is 18.9 Å². The Balaban J connectivity index is 2.37. The average molecular weight is 207 g/mol. The fourth-order valence-corrected chi connectivity index (χ4v) is 2.30. The molecule has 1 aliphatic heterocycles. The van der Waals surface area contributed by atoms with Crippen molar-refractivity contribution in [1.82, 2.24) is 4.67 Å². The number of hydrogen-bond acceptors (Lipinski definition) is 3.